The van der Waals surface area contributed by atoms with Crippen molar-refractivity contribution in [3.63, 3.8) is 0 Å². The quantitative estimate of drug-likeness (QED) is 0.167. The summed E-state index contributed by atoms with van der Waals surface area (Å²) in [6.07, 6.45) is 0. The summed E-state index contributed by atoms with van der Waals surface area (Å²) in [7, 11) is 0. The Hall–Kier alpha value is -6.24. The molecule has 0 heterocycles. The zero-order chi connectivity index (χ0) is 34.1. The minimum Gasteiger partial charge on any atom is -0.0622 e. The number of fused-ring (bicyclic) bond motifs is 6. The van der Waals surface area contributed by atoms with Crippen LogP contribution in [0.15, 0.2) is 182 Å². The van der Waals surface area contributed by atoms with Crippen LogP contribution in [0.4, 0.5) is 0 Å². The van der Waals surface area contributed by atoms with Gasteiger partial charge in [0.2, 0.25) is 0 Å². The van der Waals surface area contributed by atoms with E-state index in [1.807, 2.05) is 0 Å². The first-order chi connectivity index (χ1) is 25.1. The smallest absolute Gasteiger partial charge is 0.0159 e. The van der Waals surface area contributed by atoms with Crippen LogP contribution in [0.1, 0.15) is 25.0 Å². The van der Waals surface area contributed by atoms with Crippen LogP contribution in [0, 0.1) is 0 Å². The molecule has 0 spiro atoms. The highest BCUT2D eigenvalue weighted by molar-refractivity contribution is 6.22. The fourth-order valence-electron chi connectivity index (χ4n) is 8.73. The summed E-state index contributed by atoms with van der Waals surface area (Å²) in [5, 5.41) is 7.69. The number of hydrogen-bond donors (Lipinski definition) is 0. The van der Waals surface area contributed by atoms with Crippen LogP contribution in [0.2, 0.25) is 0 Å². The average molecular weight is 649 g/mol. The molecule has 9 aromatic rings. The first kappa shape index (κ1) is 29.7. The van der Waals surface area contributed by atoms with Crippen molar-refractivity contribution in [2.24, 2.45) is 0 Å². The molecule has 0 aromatic heterocycles. The van der Waals surface area contributed by atoms with Gasteiger partial charge in [-0.15, -0.1) is 0 Å². The zero-order valence-corrected chi connectivity index (χ0v) is 28.8. The van der Waals surface area contributed by atoms with Crippen LogP contribution < -0.4 is 0 Å². The molecular weight excluding hydrogens is 613 g/mol. The molecule has 0 fully saturated rings. The van der Waals surface area contributed by atoms with Gasteiger partial charge in [-0.05, 0) is 117 Å². The summed E-state index contributed by atoms with van der Waals surface area (Å²) >= 11 is 0. The third kappa shape index (κ3) is 4.60. The molecule has 0 radical (unpaired) electrons. The van der Waals surface area contributed by atoms with E-state index in [2.05, 4.69) is 196 Å². The SMILES string of the molecule is CC1(C)c2cc(-c3ccc(-c4c5ccccc5c(-c5ccccc5-c5ccccc5)c5ccccc45)cc3)ccc2-c2cc3ccccc3cc21. The minimum absolute atomic E-state index is 0.0661. The first-order valence-electron chi connectivity index (χ1n) is 17.9. The van der Waals surface area contributed by atoms with E-state index < -0.39 is 0 Å². The number of hydrogen-bond acceptors (Lipinski definition) is 0. The Morgan fingerprint density at radius 2 is 0.784 bits per heavy atom. The molecule has 0 aliphatic heterocycles. The van der Waals surface area contributed by atoms with E-state index >= 15 is 0 Å². The average Bonchev–Trinajstić information content (AvgIpc) is 3.41. The maximum absolute atomic E-state index is 2.43. The Labute approximate surface area is 299 Å². The van der Waals surface area contributed by atoms with Gasteiger partial charge in [0, 0.05) is 5.41 Å². The van der Waals surface area contributed by atoms with Crippen LogP contribution in [0.3, 0.4) is 0 Å². The summed E-state index contributed by atoms with van der Waals surface area (Å²) < 4.78 is 0. The molecule has 10 rings (SSSR count). The summed E-state index contributed by atoms with van der Waals surface area (Å²) in [4.78, 5) is 0. The van der Waals surface area contributed by atoms with Gasteiger partial charge >= 0.3 is 0 Å². The van der Waals surface area contributed by atoms with Gasteiger partial charge in [0.25, 0.3) is 0 Å². The highest BCUT2D eigenvalue weighted by Crippen LogP contribution is 2.51. The van der Waals surface area contributed by atoms with Crippen molar-refractivity contribution in [1.29, 1.82) is 0 Å². The normalized spacial score (nSPS) is 13.1. The van der Waals surface area contributed by atoms with Crippen molar-refractivity contribution in [1.82, 2.24) is 0 Å². The van der Waals surface area contributed by atoms with Crippen LogP contribution in [0.25, 0.3) is 88.0 Å². The minimum atomic E-state index is -0.0661. The fraction of sp³-hybridized carbons (Fsp3) is 0.0588. The second kappa shape index (κ2) is 11.4. The Morgan fingerprint density at radius 1 is 0.294 bits per heavy atom. The molecule has 0 saturated carbocycles. The van der Waals surface area contributed by atoms with Gasteiger partial charge in [-0.1, -0.05) is 178 Å². The molecule has 0 saturated heterocycles. The van der Waals surface area contributed by atoms with Gasteiger partial charge in [-0.3, -0.25) is 0 Å². The highest BCUT2D eigenvalue weighted by atomic mass is 14.4. The van der Waals surface area contributed by atoms with E-state index in [9.17, 15) is 0 Å². The third-order valence-electron chi connectivity index (χ3n) is 11.3. The maximum Gasteiger partial charge on any atom is 0.0159 e. The van der Waals surface area contributed by atoms with Gasteiger partial charge in [-0.25, -0.2) is 0 Å². The lowest BCUT2D eigenvalue weighted by Crippen LogP contribution is -2.15. The van der Waals surface area contributed by atoms with Crippen LogP contribution in [0.5, 0.6) is 0 Å². The van der Waals surface area contributed by atoms with E-state index in [0.29, 0.717) is 0 Å². The summed E-state index contributed by atoms with van der Waals surface area (Å²) in [5.74, 6) is 0. The molecular formula is C51H36. The van der Waals surface area contributed by atoms with Gasteiger partial charge in [0.15, 0.2) is 0 Å². The van der Waals surface area contributed by atoms with Gasteiger partial charge in [0.05, 0.1) is 0 Å². The Bertz CT molecular complexity index is 2740. The Morgan fingerprint density at radius 3 is 1.45 bits per heavy atom. The Balaban J connectivity index is 1.10. The molecule has 0 heteroatoms. The lowest BCUT2D eigenvalue weighted by molar-refractivity contribution is 0.661. The fourth-order valence-corrected chi connectivity index (χ4v) is 8.73. The van der Waals surface area contributed by atoms with E-state index in [-0.39, 0.29) is 5.41 Å². The maximum atomic E-state index is 2.43. The van der Waals surface area contributed by atoms with Crippen molar-refractivity contribution < 1.29 is 0 Å². The summed E-state index contributed by atoms with van der Waals surface area (Å²) in [6.45, 7) is 4.74. The molecule has 0 unspecified atom stereocenters. The standard InChI is InChI=1S/C51H36/c1-51(2)47-32-38(28-29-40(47)46-30-36-16-6-7-17-37(36)31-48(46)51)33-24-26-35(27-25-33)49-42-20-10-12-22-44(42)50(45-23-13-11-21-43(45)49)41-19-9-8-18-39(41)34-14-4-3-5-15-34/h3-32H,1-2H3. The molecule has 0 atom stereocenters. The molecule has 1 aliphatic carbocycles. The van der Waals surface area contributed by atoms with Crippen LogP contribution in [-0.2, 0) is 5.41 Å². The molecule has 9 aromatic carbocycles. The van der Waals surface area contributed by atoms with Crippen molar-refractivity contribution in [3.05, 3.63) is 193 Å². The molecule has 51 heavy (non-hydrogen) atoms. The predicted molar refractivity (Wildman–Crippen MR) is 218 cm³/mol. The topological polar surface area (TPSA) is 0 Å². The van der Waals surface area contributed by atoms with Crippen molar-refractivity contribution in [3.8, 4) is 55.6 Å². The molecule has 240 valence electrons. The monoisotopic (exact) mass is 648 g/mol. The van der Waals surface area contributed by atoms with Crippen LogP contribution in [-0.4, -0.2) is 0 Å². The van der Waals surface area contributed by atoms with Crippen LogP contribution >= 0.6 is 0 Å². The second-order valence-electron chi connectivity index (χ2n) is 14.5. The number of benzene rings is 9. The molecule has 1 aliphatic rings. The highest BCUT2D eigenvalue weighted by Gasteiger charge is 2.36. The lowest BCUT2D eigenvalue weighted by atomic mass is 9.81. The van der Waals surface area contributed by atoms with E-state index in [4.69, 9.17) is 0 Å². The molecule has 0 amide bonds. The first-order valence-corrected chi connectivity index (χ1v) is 17.9. The predicted octanol–water partition coefficient (Wildman–Crippen LogP) is 14.1. The van der Waals surface area contributed by atoms with Gasteiger partial charge in [-0.2, -0.15) is 0 Å². The van der Waals surface area contributed by atoms with Crippen molar-refractivity contribution >= 4 is 32.3 Å². The lowest BCUT2D eigenvalue weighted by Gasteiger charge is -2.22. The summed E-state index contributed by atoms with van der Waals surface area (Å²) in [5.41, 5.74) is 15.5. The van der Waals surface area contributed by atoms with E-state index in [1.54, 1.807) is 0 Å². The zero-order valence-electron chi connectivity index (χ0n) is 28.8. The third-order valence-corrected chi connectivity index (χ3v) is 11.3. The van der Waals surface area contributed by atoms with E-state index in [0.717, 1.165) is 0 Å². The van der Waals surface area contributed by atoms with Gasteiger partial charge in [0.1, 0.15) is 0 Å². The molecule has 0 N–H and O–H groups in total. The largest absolute Gasteiger partial charge is 0.0622 e. The Kier molecular flexibility index (Phi) is 6.63. The molecule has 0 nitrogen and oxygen atoms in total. The van der Waals surface area contributed by atoms with Crippen molar-refractivity contribution in [2.75, 3.05) is 0 Å². The second-order valence-corrected chi connectivity index (χ2v) is 14.5. The van der Waals surface area contributed by atoms with Gasteiger partial charge < -0.3 is 0 Å². The van der Waals surface area contributed by atoms with Crippen molar-refractivity contribution in [2.45, 2.75) is 19.3 Å². The molecule has 0 bridgehead atoms. The summed E-state index contributed by atoms with van der Waals surface area (Å²) in [6, 6.07) is 67.3. The number of rotatable bonds is 4. The van der Waals surface area contributed by atoms with E-state index in [1.165, 1.54) is 99.1 Å².